The minimum atomic E-state index is -4.34. The molecule has 0 aliphatic heterocycles. The fourth-order valence-electron chi connectivity index (χ4n) is 0.883. The molecule has 1 nitrogen and oxygen atoms in total. The molecule has 0 saturated heterocycles. The van der Waals surface area contributed by atoms with E-state index in [1.165, 1.54) is 6.07 Å². The van der Waals surface area contributed by atoms with Gasteiger partial charge in [-0.15, -0.1) is 0 Å². The van der Waals surface area contributed by atoms with Crippen molar-refractivity contribution in [1.29, 1.82) is 0 Å². The molecule has 0 amide bonds. The maximum absolute atomic E-state index is 11.8. The highest BCUT2D eigenvalue weighted by molar-refractivity contribution is 6.37. The van der Waals surface area contributed by atoms with Gasteiger partial charge in [0, 0.05) is 0 Å². The molecule has 0 saturated carbocycles. The molecule has 0 unspecified atom stereocenters. The van der Waals surface area contributed by atoms with Gasteiger partial charge in [-0.1, -0.05) is 23.1 Å². The second-order valence-corrected chi connectivity index (χ2v) is 3.24. The van der Waals surface area contributed by atoms with Crippen molar-refractivity contribution in [2.75, 3.05) is 6.61 Å². The van der Waals surface area contributed by atoms with Crippen molar-refractivity contribution in [1.82, 2.24) is 0 Å². The summed E-state index contributed by atoms with van der Waals surface area (Å²) in [5.41, 5.74) is 0.870. The Balaban J connectivity index is 2.68. The highest BCUT2D eigenvalue weighted by Gasteiger charge is 2.28. The number of benzene rings is 1. The van der Waals surface area contributed by atoms with Gasteiger partial charge in [-0.05, 0) is 12.1 Å². The Morgan fingerprint density at radius 3 is 2.50 bits per heavy atom. The van der Waals surface area contributed by atoms with Crippen LogP contribution in [0.5, 0.6) is 5.75 Å². The lowest BCUT2D eigenvalue weighted by Gasteiger charge is -2.10. The smallest absolute Gasteiger partial charge is 0.422 e. The van der Waals surface area contributed by atoms with Crippen molar-refractivity contribution in [2.45, 2.75) is 6.18 Å². The van der Waals surface area contributed by atoms with Gasteiger partial charge in [-0.2, -0.15) is 13.2 Å². The van der Waals surface area contributed by atoms with Crippen LogP contribution >= 0.6 is 11.6 Å². The van der Waals surface area contributed by atoms with E-state index in [0.29, 0.717) is 0 Å². The van der Waals surface area contributed by atoms with Crippen LogP contribution in [0.15, 0.2) is 18.2 Å². The molecule has 76 valence electrons. The van der Waals surface area contributed by atoms with Crippen LogP contribution in [-0.2, 0) is 0 Å². The van der Waals surface area contributed by atoms with E-state index >= 15 is 0 Å². The second kappa shape index (κ2) is 4.13. The Morgan fingerprint density at radius 1 is 1.36 bits per heavy atom. The van der Waals surface area contributed by atoms with Crippen LogP contribution in [0.3, 0.4) is 0 Å². The van der Waals surface area contributed by atoms with Crippen molar-refractivity contribution < 1.29 is 17.9 Å². The minimum absolute atomic E-state index is 0.0505. The highest BCUT2D eigenvalue weighted by atomic mass is 35.5. The Morgan fingerprint density at radius 2 is 2.00 bits per heavy atom. The summed E-state index contributed by atoms with van der Waals surface area (Å²) in [5, 5.41) is 0.189. The first-order chi connectivity index (χ1) is 6.38. The third-order valence-electron chi connectivity index (χ3n) is 1.48. The van der Waals surface area contributed by atoms with E-state index in [2.05, 4.69) is 4.74 Å². The Bertz CT molecular complexity index is 327. The predicted molar refractivity (Wildman–Crippen MR) is 51.2 cm³/mol. The van der Waals surface area contributed by atoms with Crippen LogP contribution in [0.2, 0.25) is 5.02 Å². The summed E-state index contributed by atoms with van der Waals surface area (Å²) in [6.45, 7) is -1.32. The zero-order chi connectivity index (χ0) is 10.8. The monoisotopic (exact) mass is 222 g/mol. The van der Waals surface area contributed by atoms with Gasteiger partial charge in [0.05, 0.1) is 5.02 Å². The Labute approximate surface area is 85.2 Å². The van der Waals surface area contributed by atoms with Gasteiger partial charge in [0.25, 0.3) is 0 Å². The van der Waals surface area contributed by atoms with E-state index in [1.807, 2.05) is 0 Å². The van der Waals surface area contributed by atoms with Gasteiger partial charge in [0.15, 0.2) is 6.61 Å². The van der Waals surface area contributed by atoms with Gasteiger partial charge in [0.2, 0.25) is 0 Å². The third-order valence-corrected chi connectivity index (χ3v) is 1.77. The second-order valence-electron chi connectivity index (χ2n) is 2.84. The van der Waals surface area contributed by atoms with Crippen LogP contribution in [-0.4, -0.2) is 20.6 Å². The number of hydrogen-bond acceptors (Lipinski definition) is 1. The molecular weight excluding hydrogens is 215 g/mol. The molecule has 0 heterocycles. The van der Waals surface area contributed by atoms with Crippen LogP contribution in [0.25, 0.3) is 0 Å². The van der Waals surface area contributed by atoms with Gasteiger partial charge in [-0.3, -0.25) is 0 Å². The molecule has 0 radical (unpaired) electrons. The summed E-state index contributed by atoms with van der Waals surface area (Å²) in [4.78, 5) is 0. The number of rotatable bonds is 2. The topological polar surface area (TPSA) is 9.23 Å². The van der Waals surface area contributed by atoms with Crippen LogP contribution in [0, 0.1) is 0 Å². The molecular formula is C8H7BClF3O. The van der Waals surface area contributed by atoms with E-state index < -0.39 is 12.8 Å². The summed E-state index contributed by atoms with van der Waals surface area (Å²) < 4.78 is 39.9. The SMILES string of the molecule is Bc1ccc(OCC(F)(F)F)c(Cl)c1. The van der Waals surface area contributed by atoms with Crippen molar-refractivity contribution in [2.24, 2.45) is 0 Å². The Kier molecular flexibility index (Phi) is 3.31. The molecule has 0 aliphatic rings. The molecule has 1 aromatic carbocycles. The van der Waals surface area contributed by atoms with E-state index in [4.69, 9.17) is 11.6 Å². The van der Waals surface area contributed by atoms with Crippen molar-refractivity contribution >= 4 is 24.9 Å². The van der Waals surface area contributed by atoms with E-state index in [-0.39, 0.29) is 10.8 Å². The van der Waals surface area contributed by atoms with Gasteiger partial charge in [-0.25, -0.2) is 0 Å². The van der Waals surface area contributed by atoms with Crippen LogP contribution in [0.4, 0.5) is 13.2 Å². The first kappa shape index (κ1) is 11.2. The zero-order valence-corrected chi connectivity index (χ0v) is 8.12. The van der Waals surface area contributed by atoms with Crippen LogP contribution in [0.1, 0.15) is 0 Å². The minimum Gasteiger partial charge on any atom is -0.483 e. The average Bonchev–Trinajstić information content (AvgIpc) is 2.00. The van der Waals surface area contributed by atoms with Gasteiger partial charge in [0.1, 0.15) is 13.6 Å². The first-order valence-corrected chi connectivity index (χ1v) is 4.22. The molecule has 0 atom stereocenters. The largest absolute Gasteiger partial charge is 0.483 e. The summed E-state index contributed by atoms with van der Waals surface area (Å²) in [6, 6.07) is 4.61. The maximum atomic E-state index is 11.8. The predicted octanol–water partition coefficient (Wildman–Crippen LogP) is 1.54. The number of hydrogen-bond donors (Lipinski definition) is 0. The average molecular weight is 222 g/mol. The molecule has 0 spiro atoms. The molecule has 1 rings (SSSR count). The fraction of sp³-hybridized carbons (Fsp3) is 0.250. The summed E-state index contributed by atoms with van der Waals surface area (Å²) in [5.74, 6) is 0.0505. The summed E-state index contributed by atoms with van der Waals surface area (Å²) in [6.07, 6.45) is -4.34. The lowest BCUT2D eigenvalue weighted by molar-refractivity contribution is -0.153. The van der Waals surface area contributed by atoms with Gasteiger partial charge < -0.3 is 4.74 Å². The quantitative estimate of drug-likeness (QED) is 0.690. The van der Waals surface area contributed by atoms with Crippen molar-refractivity contribution in [3.05, 3.63) is 23.2 Å². The fourth-order valence-corrected chi connectivity index (χ4v) is 1.17. The van der Waals surface area contributed by atoms with E-state index in [1.54, 1.807) is 20.0 Å². The van der Waals surface area contributed by atoms with Crippen LogP contribution < -0.4 is 10.2 Å². The molecule has 0 aliphatic carbocycles. The highest BCUT2D eigenvalue weighted by Crippen LogP contribution is 2.24. The number of halogens is 4. The maximum Gasteiger partial charge on any atom is 0.422 e. The molecule has 6 heteroatoms. The lowest BCUT2D eigenvalue weighted by Crippen LogP contribution is -2.19. The molecule has 0 N–H and O–H groups in total. The molecule has 0 aromatic heterocycles. The summed E-state index contributed by atoms with van der Waals surface area (Å²) >= 11 is 5.67. The lowest BCUT2D eigenvalue weighted by atomic mass is 9.97. The Hall–Kier alpha value is -0.835. The van der Waals surface area contributed by atoms with Crippen molar-refractivity contribution in [3.8, 4) is 5.75 Å². The molecule has 1 aromatic rings. The van der Waals surface area contributed by atoms with Crippen molar-refractivity contribution in [3.63, 3.8) is 0 Å². The van der Waals surface area contributed by atoms with Gasteiger partial charge >= 0.3 is 6.18 Å². The number of ether oxygens (including phenoxy) is 1. The normalized spacial score (nSPS) is 11.4. The third kappa shape index (κ3) is 3.50. The standard InChI is InChI=1S/C8H7BClF3O/c9-5-1-2-7(6(10)3-5)14-4-8(11,12)13/h1-3H,4,9H2. The first-order valence-electron chi connectivity index (χ1n) is 3.84. The molecule has 0 fully saturated rings. The summed E-state index contributed by atoms with van der Waals surface area (Å²) in [7, 11) is 1.79. The molecule has 0 bridgehead atoms. The van der Waals surface area contributed by atoms with E-state index in [9.17, 15) is 13.2 Å². The zero-order valence-electron chi connectivity index (χ0n) is 7.36. The number of alkyl halides is 3. The van der Waals surface area contributed by atoms with E-state index in [0.717, 1.165) is 5.46 Å². The molecule has 14 heavy (non-hydrogen) atoms.